The summed E-state index contributed by atoms with van der Waals surface area (Å²) in [6.45, 7) is 8.11. The molecule has 0 spiro atoms. The van der Waals surface area contributed by atoms with Crippen LogP contribution in [-0.2, 0) is 21.4 Å². The number of carbonyl (C=O) groups excluding carboxylic acids is 1. The second kappa shape index (κ2) is 11.1. The third-order valence-electron chi connectivity index (χ3n) is 7.02. The first-order chi connectivity index (χ1) is 17.9. The summed E-state index contributed by atoms with van der Waals surface area (Å²) in [5, 5.41) is 8.27. The lowest BCUT2D eigenvalue weighted by Gasteiger charge is -2.29. The molecule has 0 atom stereocenters. The number of unbranched alkanes of at least 4 members (excludes halogenated alkanes) is 2. The van der Waals surface area contributed by atoms with Crippen molar-refractivity contribution in [3.05, 3.63) is 41.8 Å². The molecule has 1 aliphatic carbocycles. The molecule has 1 amide bonds. The highest BCUT2D eigenvalue weighted by Gasteiger charge is 2.30. The Balaban J connectivity index is 1.24. The molecule has 0 unspecified atom stereocenters. The molecule has 2 fully saturated rings. The normalized spacial score (nSPS) is 16.7. The number of rotatable bonds is 10. The first-order valence-electron chi connectivity index (χ1n) is 13.5. The lowest BCUT2D eigenvalue weighted by atomic mass is 9.97. The molecular weight excluding hydrogens is 470 g/mol. The maximum Gasteiger partial charge on any atom is 0.258 e. The fourth-order valence-electron chi connectivity index (χ4n) is 4.59. The molecular formula is C28H37N5O4. The van der Waals surface area contributed by atoms with E-state index in [9.17, 15) is 4.79 Å². The molecule has 1 saturated heterocycles. The highest BCUT2D eigenvalue weighted by atomic mass is 16.5. The SMILES string of the molecule is CC(C)(C)c1nc(CCCCCN(C(=O)C2CCOCC2)c2cccc(-c3nc(C4CC4)no3)c2)no1. The Labute approximate surface area is 218 Å². The van der Waals surface area contributed by atoms with Crippen LogP contribution in [0.4, 0.5) is 5.69 Å². The van der Waals surface area contributed by atoms with E-state index in [0.717, 1.165) is 74.3 Å². The Morgan fingerprint density at radius 3 is 2.54 bits per heavy atom. The molecule has 0 radical (unpaired) electrons. The van der Waals surface area contributed by atoms with Crippen molar-refractivity contribution in [1.29, 1.82) is 0 Å². The maximum atomic E-state index is 13.6. The molecule has 1 saturated carbocycles. The molecule has 2 aliphatic rings. The lowest BCUT2D eigenvalue weighted by Crippen LogP contribution is -2.39. The van der Waals surface area contributed by atoms with E-state index in [1.54, 1.807) is 0 Å². The maximum absolute atomic E-state index is 13.6. The van der Waals surface area contributed by atoms with Crippen LogP contribution in [0.15, 0.2) is 33.3 Å². The smallest absolute Gasteiger partial charge is 0.258 e. The van der Waals surface area contributed by atoms with Gasteiger partial charge in [-0.2, -0.15) is 9.97 Å². The second-order valence-electron chi connectivity index (χ2n) is 11.2. The highest BCUT2D eigenvalue weighted by molar-refractivity contribution is 5.95. The van der Waals surface area contributed by atoms with E-state index in [4.69, 9.17) is 13.8 Å². The molecule has 0 bridgehead atoms. The largest absolute Gasteiger partial charge is 0.381 e. The summed E-state index contributed by atoms with van der Waals surface area (Å²) < 4.78 is 16.4. The molecule has 3 aromatic rings. The Bertz CT molecular complexity index is 1190. The van der Waals surface area contributed by atoms with E-state index in [0.29, 0.717) is 37.5 Å². The Hall–Kier alpha value is -3.07. The summed E-state index contributed by atoms with van der Waals surface area (Å²) in [6, 6.07) is 7.90. The molecule has 9 heteroatoms. The van der Waals surface area contributed by atoms with Gasteiger partial charge >= 0.3 is 0 Å². The van der Waals surface area contributed by atoms with Crippen molar-refractivity contribution in [3.63, 3.8) is 0 Å². The van der Waals surface area contributed by atoms with Crippen molar-refractivity contribution in [3.8, 4) is 11.5 Å². The molecule has 0 N–H and O–H groups in total. The van der Waals surface area contributed by atoms with Gasteiger partial charge in [-0.1, -0.05) is 43.6 Å². The van der Waals surface area contributed by atoms with Crippen molar-refractivity contribution >= 4 is 11.6 Å². The number of hydrogen-bond donors (Lipinski definition) is 0. The first kappa shape index (κ1) is 25.6. The van der Waals surface area contributed by atoms with Crippen LogP contribution in [0, 0.1) is 5.92 Å². The minimum Gasteiger partial charge on any atom is -0.381 e. The zero-order chi connectivity index (χ0) is 25.8. The lowest BCUT2D eigenvalue weighted by molar-refractivity contribution is -0.125. The molecule has 9 nitrogen and oxygen atoms in total. The average molecular weight is 508 g/mol. The molecule has 3 heterocycles. The van der Waals surface area contributed by atoms with E-state index in [1.807, 2.05) is 29.2 Å². The molecule has 1 aromatic carbocycles. The highest BCUT2D eigenvalue weighted by Crippen LogP contribution is 2.39. The van der Waals surface area contributed by atoms with Gasteiger partial charge in [0.1, 0.15) is 0 Å². The van der Waals surface area contributed by atoms with E-state index in [-0.39, 0.29) is 17.2 Å². The summed E-state index contributed by atoms with van der Waals surface area (Å²) in [5.41, 5.74) is 1.56. The number of ether oxygens (including phenoxy) is 1. The fraction of sp³-hybridized carbons (Fsp3) is 0.607. The monoisotopic (exact) mass is 507 g/mol. The third-order valence-corrected chi connectivity index (χ3v) is 7.02. The predicted octanol–water partition coefficient (Wildman–Crippen LogP) is 5.47. The van der Waals surface area contributed by atoms with Crippen molar-refractivity contribution in [2.45, 2.75) is 83.5 Å². The van der Waals surface area contributed by atoms with E-state index < -0.39 is 0 Å². The van der Waals surface area contributed by atoms with Gasteiger partial charge in [0, 0.05) is 54.7 Å². The first-order valence-corrected chi connectivity index (χ1v) is 13.5. The van der Waals surface area contributed by atoms with Crippen LogP contribution in [0.25, 0.3) is 11.5 Å². The number of aryl methyl sites for hydroxylation is 1. The zero-order valence-electron chi connectivity index (χ0n) is 22.1. The van der Waals surface area contributed by atoms with Crippen LogP contribution < -0.4 is 4.90 Å². The van der Waals surface area contributed by atoms with Crippen LogP contribution in [-0.4, -0.2) is 45.9 Å². The second-order valence-corrected chi connectivity index (χ2v) is 11.2. The van der Waals surface area contributed by atoms with Gasteiger partial charge in [0.15, 0.2) is 11.6 Å². The van der Waals surface area contributed by atoms with Crippen LogP contribution in [0.2, 0.25) is 0 Å². The quantitative estimate of drug-likeness (QED) is 0.333. The number of nitrogens with zero attached hydrogens (tertiary/aromatic N) is 5. The number of benzene rings is 1. The van der Waals surface area contributed by atoms with Gasteiger partial charge in [-0.05, 0) is 56.7 Å². The summed E-state index contributed by atoms with van der Waals surface area (Å²) >= 11 is 0. The van der Waals surface area contributed by atoms with E-state index in [2.05, 4.69) is 41.1 Å². The third kappa shape index (κ3) is 6.44. The Morgan fingerprint density at radius 2 is 1.81 bits per heavy atom. The molecule has 1 aliphatic heterocycles. The topological polar surface area (TPSA) is 107 Å². The van der Waals surface area contributed by atoms with Gasteiger partial charge in [-0.3, -0.25) is 4.79 Å². The summed E-state index contributed by atoms with van der Waals surface area (Å²) in [4.78, 5) is 24.7. The Kier molecular flexibility index (Phi) is 7.69. The van der Waals surface area contributed by atoms with Crippen LogP contribution in [0.1, 0.15) is 89.2 Å². The predicted molar refractivity (Wildman–Crippen MR) is 138 cm³/mol. The minimum atomic E-state index is -0.147. The summed E-state index contributed by atoms with van der Waals surface area (Å²) in [6.07, 6.45) is 7.32. The number of amides is 1. The van der Waals surface area contributed by atoms with Crippen molar-refractivity contribution < 1.29 is 18.6 Å². The van der Waals surface area contributed by atoms with Gasteiger partial charge in [0.25, 0.3) is 5.89 Å². The van der Waals surface area contributed by atoms with Gasteiger partial charge < -0.3 is 18.7 Å². The van der Waals surface area contributed by atoms with Crippen molar-refractivity contribution in [1.82, 2.24) is 20.3 Å². The van der Waals surface area contributed by atoms with Gasteiger partial charge in [-0.15, -0.1) is 0 Å². The van der Waals surface area contributed by atoms with Crippen LogP contribution in [0.5, 0.6) is 0 Å². The van der Waals surface area contributed by atoms with Gasteiger partial charge in [0.2, 0.25) is 11.8 Å². The standard InChI is InChI=1S/C28H37N5O4/c1-28(2,3)27-29-23(31-37-27)10-5-4-6-15-33(26(34)20-13-16-35-17-14-20)22-9-7-8-21(18-22)25-30-24(32-36-25)19-11-12-19/h7-9,18-20H,4-6,10-17H2,1-3H3. The van der Waals surface area contributed by atoms with Gasteiger partial charge in [0.05, 0.1) is 0 Å². The molecule has 198 valence electrons. The fourth-order valence-corrected chi connectivity index (χ4v) is 4.59. The Morgan fingerprint density at radius 1 is 1.00 bits per heavy atom. The average Bonchev–Trinajstić information content (AvgIpc) is 3.42. The molecule has 5 rings (SSSR count). The van der Waals surface area contributed by atoms with Crippen LogP contribution in [0.3, 0.4) is 0 Å². The van der Waals surface area contributed by atoms with Crippen molar-refractivity contribution in [2.75, 3.05) is 24.7 Å². The van der Waals surface area contributed by atoms with E-state index in [1.165, 1.54) is 0 Å². The molecule has 37 heavy (non-hydrogen) atoms. The number of hydrogen-bond acceptors (Lipinski definition) is 8. The number of aromatic nitrogens is 4. The number of carbonyl (C=O) groups is 1. The zero-order valence-corrected chi connectivity index (χ0v) is 22.1. The summed E-state index contributed by atoms with van der Waals surface area (Å²) in [5.74, 6) is 3.29. The molecule has 2 aromatic heterocycles. The minimum absolute atomic E-state index is 0.0163. The van der Waals surface area contributed by atoms with Crippen LogP contribution >= 0.6 is 0 Å². The van der Waals surface area contributed by atoms with E-state index >= 15 is 0 Å². The van der Waals surface area contributed by atoms with Gasteiger partial charge in [-0.25, -0.2) is 0 Å². The summed E-state index contributed by atoms with van der Waals surface area (Å²) in [7, 11) is 0. The number of anilines is 1. The van der Waals surface area contributed by atoms with Crippen molar-refractivity contribution in [2.24, 2.45) is 5.92 Å².